The number of allylic oxidation sites excluding steroid dienone is 1. The molecule has 1 heteroatoms. The van der Waals surface area contributed by atoms with E-state index in [4.69, 9.17) is 4.74 Å². The normalized spacial score (nSPS) is 42.5. The van der Waals surface area contributed by atoms with E-state index in [1.807, 2.05) is 7.11 Å². The standard InChI is InChI=1S/C10H16O/c1-11-10-7-4-8-2-5-9(10)6-3-8/h2,5,8-10H,3-4,6-7H2,1H3/t8-,9+,10+/m0/s1. The van der Waals surface area contributed by atoms with Gasteiger partial charge in [0, 0.05) is 13.0 Å². The van der Waals surface area contributed by atoms with Crippen molar-refractivity contribution in [2.24, 2.45) is 11.8 Å². The molecule has 0 aromatic carbocycles. The molecule has 0 amide bonds. The van der Waals surface area contributed by atoms with Crippen LogP contribution in [0.15, 0.2) is 12.2 Å². The summed E-state index contributed by atoms with van der Waals surface area (Å²) in [7, 11) is 1.84. The number of methoxy groups -OCH3 is 1. The van der Waals surface area contributed by atoms with Crippen LogP contribution >= 0.6 is 0 Å². The average molecular weight is 152 g/mol. The van der Waals surface area contributed by atoms with Gasteiger partial charge in [0.15, 0.2) is 0 Å². The van der Waals surface area contributed by atoms with Gasteiger partial charge in [0.05, 0.1) is 6.10 Å². The van der Waals surface area contributed by atoms with E-state index < -0.39 is 0 Å². The van der Waals surface area contributed by atoms with Crippen LogP contribution in [0.1, 0.15) is 25.7 Å². The van der Waals surface area contributed by atoms with Gasteiger partial charge >= 0.3 is 0 Å². The zero-order valence-corrected chi connectivity index (χ0v) is 7.12. The molecule has 0 aliphatic heterocycles. The minimum absolute atomic E-state index is 0.513. The maximum atomic E-state index is 5.45. The van der Waals surface area contributed by atoms with Crippen molar-refractivity contribution in [1.82, 2.24) is 0 Å². The molecule has 0 unspecified atom stereocenters. The van der Waals surface area contributed by atoms with Crippen molar-refractivity contribution in [2.45, 2.75) is 31.8 Å². The first-order valence-corrected chi connectivity index (χ1v) is 4.61. The smallest absolute Gasteiger partial charge is 0.0634 e. The number of ether oxygens (including phenoxy) is 1. The fraction of sp³-hybridized carbons (Fsp3) is 0.800. The summed E-state index contributed by atoms with van der Waals surface area (Å²) in [6, 6.07) is 0. The maximum absolute atomic E-state index is 5.45. The molecule has 0 aromatic rings. The second-order valence-corrected chi connectivity index (χ2v) is 3.74. The van der Waals surface area contributed by atoms with E-state index >= 15 is 0 Å². The van der Waals surface area contributed by atoms with Crippen molar-refractivity contribution in [3.05, 3.63) is 12.2 Å². The molecule has 1 fully saturated rings. The molecule has 62 valence electrons. The summed E-state index contributed by atoms with van der Waals surface area (Å²) in [5.74, 6) is 1.59. The lowest BCUT2D eigenvalue weighted by atomic mass is 9.90. The Labute approximate surface area is 68.4 Å². The Morgan fingerprint density at radius 2 is 1.91 bits per heavy atom. The van der Waals surface area contributed by atoms with Gasteiger partial charge in [-0.2, -0.15) is 0 Å². The maximum Gasteiger partial charge on any atom is 0.0634 e. The van der Waals surface area contributed by atoms with Crippen LogP contribution in [0, 0.1) is 11.8 Å². The van der Waals surface area contributed by atoms with Crippen LogP contribution in [-0.4, -0.2) is 13.2 Å². The first-order valence-electron chi connectivity index (χ1n) is 4.61. The zero-order chi connectivity index (χ0) is 7.68. The Morgan fingerprint density at radius 3 is 2.55 bits per heavy atom. The molecule has 3 aliphatic carbocycles. The number of fused-ring (bicyclic) bond motifs is 3. The summed E-state index contributed by atoms with van der Waals surface area (Å²) >= 11 is 0. The summed E-state index contributed by atoms with van der Waals surface area (Å²) in [5.41, 5.74) is 0. The van der Waals surface area contributed by atoms with E-state index in [1.165, 1.54) is 25.7 Å². The Morgan fingerprint density at radius 1 is 1.09 bits per heavy atom. The van der Waals surface area contributed by atoms with Gasteiger partial charge in [-0.25, -0.2) is 0 Å². The summed E-state index contributed by atoms with van der Waals surface area (Å²) in [6.07, 6.45) is 10.6. The summed E-state index contributed by atoms with van der Waals surface area (Å²) in [6.45, 7) is 0. The van der Waals surface area contributed by atoms with Crippen molar-refractivity contribution >= 4 is 0 Å². The molecule has 1 saturated carbocycles. The summed E-state index contributed by atoms with van der Waals surface area (Å²) < 4.78 is 5.45. The third-order valence-corrected chi connectivity index (χ3v) is 3.10. The highest BCUT2D eigenvalue weighted by molar-refractivity contribution is 5.03. The van der Waals surface area contributed by atoms with Crippen molar-refractivity contribution in [2.75, 3.05) is 7.11 Å². The summed E-state index contributed by atoms with van der Waals surface area (Å²) in [5, 5.41) is 0. The monoisotopic (exact) mass is 152 g/mol. The molecular formula is C10H16O. The Balaban J connectivity index is 2.11. The average Bonchev–Trinajstić information content (AvgIpc) is 2.36. The van der Waals surface area contributed by atoms with Gasteiger partial charge < -0.3 is 4.74 Å². The quantitative estimate of drug-likeness (QED) is 0.524. The minimum atomic E-state index is 0.513. The Bertz CT molecular complexity index is 162. The number of rotatable bonds is 1. The van der Waals surface area contributed by atoms with Crippen molar-refractivity contribution in [3.8, 4) is 0 Å². The first kappa shape index (κ1) is 7.35. The molecule has 0 radical (unpaired) electrons. The molecule has 1 nitrogen and oxygen atoms in total. The van der Waals surface area contributed by atoms with Crippen LogP contribution in [0.2, 0.25) is 0 Å². The van der Waals surface area contributed by atoms with Gasteiger partial charge in [-0.3, -0.25) is 0 Å². The molecule has 11 heavy (non-hydrogen) atoms. The first-order chi connectivity index (χ1) is 5.40. The largest absolute Gasteiger partial charge is 0.381 e. The van der Waals surface area contributed by atoms with Crippen LogP contribution in [0.5, 0.6) is 0 Å². The lowest BCUT2D eigenvalue weighted by Gasteiger charge is -2.21. The van der Waals surface area contributed by atoms with Gasteiger partial charge in [0.1, 0.15) is 0 Å². The molecule has 0 N–H and O–H groups in total. The number of hydrogen-bond acceptors (Lipinski definition) is 1. The highest BCUT2D eigenvalue weighted by atomic mass is 16.5. The predicted octanol–water partition coefficient (Wildman–Crippen LogP) is 2.38. The predicted molar refractivity (Wildman–Crippen MR) is 45.4 cm³/mol. The fourth-order valence-electron chi connectivity index (χ4n) is 2.33. The second-order valence-electron chi connectivity index (χ2n) is 3.74. The van der Waals surface area contributed by atoms with Crippen LogP contribution < -0.4 is 0 Å². The highest BCUT2D eigenvalue weighted by Crippen LogP contribution is 2.35. The van der Waals surface area contributed by atoms with Crippen molar-refractivity contribution in [3.63, 3.8) is 0 Å². The molecule has 0 saturated heterocycles. The third kappa shape index (κ3) is 1.34. The van der Waals surface area contributed by atoms with Gasteiger partial charge in [0.25, 0.3) is 0 Å². The molecular weight excluding hydrogens is 136 g/mol. The van der Waals surface area contributed by atoms with Gasteiger partial charge in [-0.05, 0) is 31.6 Å². The van der Waals surface area contributed by atoms with Crippen molar-refractivity contribution < 1.29 is 4.74 Å². The minimum Gasteiger partial charge on any atom is -0.381 e. The van der Waals surface area contributed by atoms with Crippen molar-refractivity contribution in [1.29, 1.82) is 0 Å². The fourth-order valence-corrected chi connectivity index (χ4v) is 2.33. The van der Waals surface area contributed by atoms with E-state index in [1.54, 1.807) is 0 Å². The lowest BCUT2D eigenvalue weighted by molar-refractivity contribution is 0.0642. The van der Waals surface area contributed by atoms with E-state index in [2.05, 4.69) is 12.2 Å². The molecule has 0 spiro atoms. The molecule has 3 rings (SSSR count). The molecule has 3 atom stereocenters. The van der Waals surface area contributed by atoms with Crippen LogP contribution in [-0.2, 0) is 4.74 Å². The topological polar surface area (TPSA) is 9.23 Å². The third-order valence-electron chi connectivity index (χ3n) is 3.10. The second kappa shape index (κ2) is 2.98. The van der Waals surface area contributed by atoms with E-state index in [0.29, 0.717) is 6.10 Å². The SMILES string of the molecule is CO[C@@H]1CC[C@H]2C=C[C@@H]1CC2. The lowest BCUT2D eigenvalue weighted by Crippen LogP contribution is -2.19. The number of hydrogen-bond donors (Lipinski definition) is 0. The van der Waals surface area contributed by atoms with Gasteiger partial charge in [-0.15, -0.1) is 0 Å². The zero-order valence-electron chi connectivity index (χ0n) is 7.12. The Kier molecular flexibility index (Phi) is 1.99. The van der Waals surface area contributed by atoms with E-state index in [-0.39, 0.29) is 0 Å². The molecule has 0 aromatic heterocycles. The molecule has 3 aliphatic rings. The van der Waals surface area contributed by atoms with Crippen LogP contribution in [0.3, 0.4) is 0 Å². The molecule has 2 bridgehead atoms. The van der Waals surface area contributed by atoms with Crippen LogP contribution in [0.4, 0.5) is 0 Å². The Hall–Kier alpha value is -0.300. The van der Waals surface area contributed by atoms with Gasteiger partial charge in [-0.1, -0.05) is 12.2 Å². The highest BCUT2D eigenvalue weighted by Gasteiger charge is 2.27. The van der Waals surface area contributed by atoms with E-state index in [0.717, 1.165) is 11.8 Å². The van der Waals surface area contributed by atoms with E-state index in [9.17, 15) is 0 Å². The molecule has 0 heterocycles. The summed E-state index contributed by atoms with van der Waals surface area (Å²) in [4.78, 5) is 0. The van der Waals surface area contributed by atoms with Crippen LogP contribution in [0.25, 0.3) is 0 Å². The van der Waals surface area contributed by atoms with Gasteiger partial charge in [0.2, 0.25) is 0 Å².